The third kappa shape index (κ3) is 4.11. The van der Waals surface area contributed by atoms with Gasteiger partial charge in [0.1, 0.15) is 34.3 Å². The molecule has 1 heterocycles. The number of rotatable bonds is 5. The molecule has 28 heavy (non-hydrogen) atoms. The van der Waals surface area contributed by atoms with Gasteiger partial charge in [-0.25, -0.2) is 4.98 Å². The van der Waals surface area contributed by atoms with Crippen LogP contribution in [0, 0.1) is 38.2 Å². The van der Waals surface area contributed by atoms with E-state index in [2.05, 4.69) is 4.98 Å². The van der Waals surface area contributed by atoms with Crippen molar-refractivity contribution in [3.63, 3.8) is 0 Å². The first-order valence-electron chi connectivity index (χ1n) is 8.15. The predicted molar refractivity (Wildman–Crippen MR) is 105 cm³/mol. The second kappa shape index (κ2) is 8.07. The lowest BCUT2D eigenvalue weighted by Gasteiger charge is -2.17. The van der Waals surface area contributed by atoms with Crippen LogP contribution in [0.2, 0.25) is 0 Å². The maximum atomic E-state index is 12.2. The van der Waals surface area contributed by atoms with Crippen LogP contribution in [-0.2, 0) is 4.79 Å². The van der Waals surface area contributed by atoms with Gasteiger partial charge in [-0.15, -0.1) is 0 Å². The Bertz CT molecular complexity index is 1050. The van der Waals surface area contributed by atoms with Crippen LogP contribution in [0.25, 0.3) is 11.1 Å². The lowest BCUT2D eigenvalue weighted by atomic mass is 9.92. The normalized spacial score (nSPS) is 10.8. The molecule has 0 spiro atoms. The Morgan fingerprint density at radius 2 is 1.86 bits per heavy atom. The third-order valence-electron chi connectivity index (χ3n) is 3.96. The molecular weight excluding hydrogens is 378 g/mol. The number of Topliss-reactive ketones (excluding diaryl/α,β-unsaturated/α-hetero) is 1. The van der Waals surface area contributed by atoms with Crippen molar-refractivity contribution in [2.45, 2.75) is 25.8 Å². The monoisotopic (exact) mass is 395 g/mol. The minimum absolute atomic E-state index is 0.0215. The van der Waals surface area contributed by atoms with Gasteiger partial charge in [-0.3, -0.25) is 14.9 Å². The summed E-state index contributed by atoms with van der Waals surface area (Å²) >= 11 is 1.02. The van der Waals surface area contributed by atoms with Gasteiger partial charge in [-0.05, 0) is 6.07 Å². The molecule has 0 saturated carbocycles. The van der Waals surface area contributed by atoms with Crippen LogP contribution >= 0.6 is 11.8 Å². The highest BCUT2D eigenvalue weighted by molar-refractivity contribution is 8.00. The number of nitriles is 2. The lowest BCUT2D eigenvalue weighted by molar-refractivity contribution is -0.384. The Hall–Kier alpha value is -3.43. The largest absolute Gasteiger partial charge is 0.383 e. The number of thioether (sulfide) groups is 1. The molecule has 0 aliphatic rings. The number of ketones is 1. The summed E-state index contributed by atoms with van der Waals surface area (Å²) in [5.41, 5.74) is 5.08. The third-order valence-corrected chi connectivity index (χ3v) is 4.94. The minimum Gasteiger partial charge on any atom is -0.383 e. The number of nitrogens with zero attached hydrogens (tertiary/aromatic N) is 4. The van der Waals surface area contributed by atoms with Crippen molar-refractivity contribution in [2.75, 3.05) is 11.5 Å². The van der Waals surface area contributed by atoms with Gasteiger partial charge in [0.05, 0.1) is 21.8 Å². The summed E-state index contributed by atoms with van der Waals surface area (Å²) < 4.78 is 0. The number of nitro benzene ring substituents is 1. The summed E-state index contributed by atoms with van der Waals surface area (Å²) in [5, 5.41) is 30.8. The molecule has 0 radical (unpaired) electrons. The van der Waals surface area contributed by atoms with Gasteiger partial charge >= 0.3 is 0 Å². The zero-order chi connectivity index (χ0) is 21.1. The number of nitro groups is 1. The summed E-state index contributed by atoms with van der Waals surface area (Å²) in [4.78, 5) is 27.2. The van der Waals surface area contributed by atoms with Crippen LogP contribution in [0.1, 0.15) is 31.9 Å². The molecule has 2 aromatic rings. The van der Waals surface area contributed by atoms with Gasteiger partial charge < -0.3 is 5.73 Å². The lowest BCUT2D eigenvalue weighted by Crippen LogP contribution is -2.22. The Kier molecular flexibility index (Phi) is 6.02. The van der Waals surface area contributed by atoms with Crippen molar-refractivity contribution in [2.24, 2.45) is 5.41 Å². The van der Waals surface area contributed by atoms with Crippen molar-refractivity contribution in [1.29, 1.82) is 10.5 Å². The fourth-order valence-corrected chi connectivity index (χ4v) is 3.52. The van der Waals surface area contributed by atoms with Crippen molar-refractivity contribution in [3.05, 3.63) is 45.5 Å². The summed E-state index contributed by atoms with van der Waals surface area (Å²) in [6.45, 7) is 5.33. The number of nitrogens with two attached hydrogens (primary N) is 1. The molecule has 142 valence electrons. The molecule has 1 aromatic heterocycles. The highest BCUT2D eigenvalue weighted by Crippen LogP contribution is 2.39. The zero-order valence-corrected chi connectivity index (χ0v) is 16.3. The van der Waals surface area contributed by atoms with Crippen molar-refractivity contribution in [3.8, 4) is 23.3 Å². The Balaban J connectivity index is 2.72. The van der Waals surface area contributed by atoms with Crippen LogP contribution in [0.3, 0.4) is 0 Å². The first-order chi connectivity index (χ1) is 13.1. The molecule has 0 fully saturated rings. The van der Waals surface area contributed by atoms with Gasteiger partial charge in [0.25, 0.3) is 5.69 Å². The minimum atomic E-state index is -0.593. The van der Waals surface area contributed by atoms with E-state index in [0.29, 0.717) is 0 Å². The van der Waals surface area contributed by atoms with Crippen LogP contribution in [0.4, 0.5) is 11.5 Å². The highest BCUT2D eigenvalue weighted by Gasteiger charge is 2.27. The van der Waals surface area contributed by atoms with Gasteiger partial charge in [-0.1, -0.05) is 44.7 Å². The van der Waals surface area contributed by atoms with E-state index in [1.165, 1.54) is 18.2 Å². The van der Waals surface area contributed by atoms with E-state index < -0.39 is 10.3 Å². The van der Waals surface area contributed by atoms with Crippen molar-refractivity contribution in [1.82, 2.24) is 4.98 Å². The second-order valence-electron chi connectivity index (χ2n) is 6.89. The quantitative estimate of drug-likeness (QED) is 0.458. The molecule has 1 aromatic carbocycles. The number of hydrogen-bond donors (Lipinski definition) is 1. The van der Waals surface area contributed by atoms with E-state index in [1.807, 2.05) is 12.1 Å². The van der Waals surface area contributed by atoms with Crippen LogP contribution in [0.15, 0.2) is 29.3 Å². The van der Waals surface area contributed by atoms with Gasteiger partial charge in [0.2, 0.25) is 0 Å². The summed E-state index contributed by atoms with van der Waals surface area (Å²) in [6, 6.07) is 9.64. The molecule has 2 N–H and O–H groups in total. The SMILES string of the molecule is CC(C)(C)C(=O)CSc1nc(N)c(C#N)c(-c2ccccc2[N+](=O)[O-])c1C#N. The molecule has 0 atom stereocenters. The first kappa shape index (κ1) is 20.9. The van der Waals surface area contributed by atoms with Crippen molar-refractivity contribution >= 4 is 29.1 Å². The zero-order valence-electron chi connectivity index (χ0n) is 15.5. The Morgan fingerprint density at radius 1 is 1.25 bits per heavy atom. The van der Waals surface area contributed by atoms with E-state index in [1.54, 1.807) is 26.8 Å². The predicted octanol–water partition coefficient (Wildman–Crippen LogP) is 3.69. The fraction of sp³-hybridized carbons (Fsp3) is 0.263. The second-order valence-corrected chi connectivity index (χ2v) is 7.85. The number of para-hydroxylation sites is 1. The number of hydrogen-bond acceptors (Lipinski definition) is 8. The van der Waals surface area contributed by atoms with Crippen LogP contribution < -0.4 is 5.73 Å². The molecule has 8 nitrogen and oxygen atoms in total. The summed E-state index contributed by atoms with van der Waals surface area (Å²) in [6.07, 6.45) is 0. The molecule has 9 heteroatoms. The number of benzene rings is 1. The van der Waals surface area contributed by atoms with E-state index >= 15 is 0 Å². The van der Waals surface area contributed by atoms with E-state index in [-0.39, 0.29) is 50.3 Å². The first-order valence-corrected chi connectivity index (χ1v) is 9.14. The standard InChI is InChI=1S/C19H17N5O3S/c1-19(2,3)15(25)10-28-18-13(9-21)16(12(8-20)17(22)23-18)11-6-4-5-7-14(11)24(26)27/h4-7H,10H2,1-3H3,(H2,22,23). The number of aromatic nitrogens is 1. The topological polar surface area (TPSA) is 147 Å². The molecule has 0 unspecified atom stereocenters. The smallest absolute Gasteiger partial charge is 0.277 e. The van der Waals surface area contributed by atoms with E-state index in [9.17, 15) is 25.4 Å². The molecular formula is C19H17N5O3S. The number of pyridine rings is 1. The van der Waals surface area contributed by atoms with Crippen molar-refractivity contribution < 1.29 is 9.72 Å². The molecule has 0 saturated heterocycles. The van der Waals surface area contributed by atoms with Crippen LogP contribution in [0.5, 0.6) is 0 Å². The van der Waals surface area contributed by atoms with Gasteiger partial charge in [0, 0.05) is 17.0 Å². The molecule has 0 bridgehead atoms. The van der Waals surface area contributed by atoms with E-state index in [4.69, 9.17) is 5.73 Å². The average Bonchev–Trinajstić information content (AvgIpc) is 2.64. The number of carbonyl (C=O) groups is 1. The highest BCUT2D eigenvalue weighted by atomic mass is 32.2. The van der Waals surface area contributed by atoms with E-state index in [0.717, 1.165) is 11.8 Å². The Morgan fingerprint density at radius 3 is 2.39 bits per heavy atom. The molecule has 0 aliphatic carbocycles. The summed E-state index contributed by atoms with van der Waals surface area (Å²) in [7, 11) is 0. The number of nitrogen functional groups attached to an aromatic ring is 1. The fourth-order valence-electron chi connectivity index (χ4n) is 2.37. The summed E-state index contributed by atoms with van der Waals surface area (Å²) in [5.74, 6) is -0.161. The van der Waals surface area contributed by atoms with Gasteiger partial charge in [-0.2, -0.15) is 10.5 Å². The number of anilines is 1. The molecule has 0 amide bonds. The molecule has 0 aliphatic heterocycles. The Labute approximate surface area is 166 Å². The molecule has 2 rings (SSSR count). The van der Waals surface area contributed by atoms with Gasteiger partial charge in [0.15, 0.2) is 0 Å². The van der Waals surface area contributed by atoms with Crippen LogP contribution in [-0.4, -0.2) is 21.4 Å². The maximum Gasteiger partial charge on any atom is 0.277 e. The maximum absolute atomic E-state index is 12.2. The average molecular weight is 395 g/mol. The number of carbonyl (C=O) groups excluding carboxylic acids is 1.